The molecule has 4 nitrogen and oxygen atoms in total. The Bertz CT molecular complexity index is 1020. The zero-order chi connectivity index (χ0) is 17.8. The van der Waals surface area contributed by atoms with Crippen LogP contribution in [-0.4, -0.2) is 23.6 Å². The number of allylic oxidation sites excluding steroid dienone is 3. The van der Waals surface area contributed by atoms with Crippen molar-refractivity contribution in [3.05, 3.63) is 79.2 Å². The molecule has 0 amide bonds. The van der Waals surface area contributed by atoms with Crippen LogP contribution in [0.5, 0.6) is 0 Å². The predicted octanol–water partition coefficient (Wildman–Crippen LogP) is 5.35. The van der Waals surface area contributed by atoms with E-state index in [1.165, 1.54) is 0 Å². The number of H-pyrrole nitrogens is 1. The second kappa shape index (κ2) is 6.93. The molecule has 1 heterocycles. The van der Waals surface area contributed by atoms with Gasteiger partial charge in [-0.05, 0) is 60.0 Å². The molecule has 0 saturated heterocycles. The van der Waals surface area contributed by atoms with Crippen LogP contribution in [0.25, 0.3) is 27.6 Å². The first kappa shape index (κ1) is 16.3. The van der Waals surface area contributed by atoms with E-state index in [4.69, 9.17) is 0 Å². The molecule has 1 aromatic heterocycles. The third-order valence-corrected chi connectivity index (χ3v) is 4.04. The van der Waals surface area contributed by atoms with Gasteiger partial charge in [-0.1, -0.05) is 31.4 Å². The highest BCUT2D eigenvalue weighted by molar-refractivity contribution is 5.89. The van der Waals surface area contributed by atoms with Gasteiger partial charge in [-0.3, -0.25) is 15.1 Å². The molecule has 0 fully saturated rings. The number of aromatic nitrogens is 2. The fourth-order valence-electron chi connectivity index (χ4n) is 2.63. The summed E-state index contributed by atoms with van der Waals surface area (Å²) in [6.45, 7) is 15.3. The van der Waals surface area contributed by atoms with Gasteiger partial charge in [0.1, 0.15) is 0 Å². The second-order valence-corrected chi connectivity index (χ2v) is 5.56. The van der Waals surface area contributed by atoms with Gasteiger partial charge in [-0.15, -0.1) is 0 Å². The quantitative estimate of drug-likeness (QED) is 0.482. The van der Waals surface area contributed by atoms with Crippen molar-refractivity contribution in [3.63, 3.8) is 0 Å². The molecule has 0 bridgehead atoms. The summed E-state index contributed by atoms with van der Waals surface area (Å²) in [5, 5.41) is 8.14. The summed E-state index contributed by atoms with van der Waals surface area (Å²) in [5.74, 6) is 0. The summed E-state index contributed by atoms with van der Waals surface area (Å²) >= 11 is 0. The van der Waals surface area contributed by atoms with E-state index in [1.807, 2.05) is 24.3 Å². The molecule has 0 unspecified atom stereocenters. The Kier molecular flexibility index (Phi) is 4.53. The zero-order valence-electron chi connectivity index (χ0n) is 13.9. The summed E-state index contributed by atoms with van der Waals surface area (Å²) < 4.78 is 0. The lowest BCUT2D eigenvalue weighted by Gasteiger charge is -2.12. The molecule has 0 spiro atoms. The van der Waals surface area contributed by atoms with Gasteiger partial charge >= 0.3 is 0 Å². The standard InChI is InChI=1S/C21H18N4/c1-14(9-10-22-3)15(2)19-11-16(7-8-20(19)23-4)17-5-6-18-13-24-25-21(18)12-17/h5-13H,1-4H2,(H,24,25)/b10-9-. The minimum atomic E-state index is 0.749. The van der Waals surface area contributed by atoms with Crippen LogP contribution >= 0.6 is 0 Å². The van der Waals surface area contributed by atoms with Crippen molar-refractivity contribution in [1.29, 1.82) is 0 Å². The van der Waals surface area contributed by atoms with E-state index < -0.39 is 0 Å². The molecule has 0 atom stereocenters. The first-order valence-electron chi connectivity index (χ1n) is 7.69. The van der Waals surface area contributed by atoms with Crippen LogP contribution in [0.1, 0.15) is 5.56 Å². The summed E-state index contributed by atoms with van der Waals surface area (Å²) in [4.78, 5) is 7.81. The Balaban J connectivity index is 2.06. The van der Waals surface area contributed by atoms with Crippen molar-refractivity contribution in [2.45, 2.75) is 0 Å². The number of fused-ring (bicyclic) bond motifs is 1. The van der Waals surface area contributed by atoms with Crippen molar-refractivity contribution in [1.82, 2.24) is 10.2 Å². The summed E-state index contributed by atoms with van der Waals surface area (Å²) in [6.07, 6.45) is 5.16. The van der Waals surface area contributed by atoms with Gasteiger partial charge in [-0.25, -0.2) is 0 Å². The van der Waals surface area contributed by atoms with E-state index in [1.54, 1.807) is 18.5 Å². The summed E-state index contributed by atoms with van der Waals surface area (Å²) in [5.41, 5.74) is 6.29. The Hall–Kier alpha value is -3.53. The fraction of sp³-hybridized carbons (Fsp3) is 0. The maximum absolute atomic E-state index is 4.15. The van der Waals surface area contributed by atoms with Crippen LogP contribution in [-0.2, 0) is 0 Å². The number of nitrogens with zero attached hydrogens (tertiary/aromatic N) is 3. The van der Waals surface area contributed by atoms with E-state index in [-0.39, 0.29) is 0 Å². The number of benzene rings is 2. The minimum absolute atomic E-state index is 0.749. The molecular formula is C21H18N4. The topological polar surface area (TPSA) is 53.4 Å². The molecule has 25 heavy (non-hydrogen) atoms. The van der Waals surface area contributed by atoms with Crippen molar-refractivity contribution in [2.75, 3.05) is 0 Å². The Labute approximate surface area is 146 Å². The van der Waals surface area contributed by atoms with Crippen molar-refractivity contribution in [2.24, 2.45) is 9.98 Å². The van der Waals surface area contributed by atoms with Gasteiger partial charge in [0.25, 0.3) is 0 Å². The van der Waals surface area contributed by atoms with E-state index in [2.05, 4.69) is 58.9 Å². The Morgan fingerprint density at radius 1 is 1.04 bits per heavy atom. The molecule has 3 rings (SSSR count). The minimum Gasteiger partial charge on any atom is -0.278 e. The lowest BCUT2D eigenvalue weighted by Crippen LogP contribution is -1.88. The molecule has 0 aliphatic rings. The smallest absolute Gasteiger partial charge is 0.0701 e. The highest BCUT2D eigenvalue weighted by Crippen LogP contribution is 2.34. The summed E-state index contributed by atoms with van der Waals surface area (Å²) in [7, 11) is 0. The lowest BCUT2D eigenvalue weighted by atomic mass is 9.94. The van der Waals surface area contributed by atoms with Crippen molar-refractivity contribution >= 4 is 35.6 Å². The number of aliphatic imine (C=N–C) groups is 2. The molecule has 0 radical (unpaired) electrons. The van der Waals surface area contributed by atoms with Crippen LogP contribution in [0.15, 0.2) is 83.6 Å². The highest BCUT2D eigenvalue weighted by atomic mass is 15.1. The van der Waals surface area contributed by atoms with Gasteiger partial charge in [-0.2, -0.15) is 5.10 Å². The van der Waals surface area contributed by atoms with Crippen LogP contribution in [0.4, 0.5) is 5.69 Å². The van der Waals surface area contributed by atoms with E-state index in [0.717, 1.165) is 44.4 Å². The number of hydrogen-bond acceptors (Lipinski definition) is 3. The van der Waals surface area contributed by atoms with E-state index in [0.29, 0.717) is 0 Å². The maximum Gasteiger partial charge on any atom is 0.0701 e. The third kappa shape index (κ3) is 3.23. The van der Waals surface area contributed by atoms with Gasteiger partial charge in [0.05, 0.1) is 17.4 Å². The van der Waals surface area contributed by atoms with Crippen LogP contribution in [0.3, 0.4) is 0 Å². The average Bonchev–Trinajstić information content (AvgIpc) is 3.12. The van der Waals surface area contributed by atoms with Crippen molar-refractivity contribution in [3.8, 4) is 11.1 Å². The largest absolute Gasteiger partial charge is 0.278 e. The number of rotatable bonds is 6. The maximum atomic E-state index is 4.15. The predicted molar refractivity (Wildman–Crippen MR) is 108 cm³/mol. The van der Waals surface area contributed by atoms with Crippen LogP contribution in [0, 0.1) is 0 Å². The fourth-order valence-corrected chi connectivity index (χ4v) is 2.63. The normalized spacial score (nSPS) is 10.9. The van der Waals surface area contributed by atoms with Crippen LogP contribution in [0.2, 0.25) is 0 Å². The van der Waals surface area contributed by atoms with Crippen LogP contribution < -0.4 is 0 Å². The molecule has 122 valence electrons. The average molecular weight is 326 g/mol. The Morgan fingerprint density at radius 2 is 1.80 bits per heavy atom. The highest BCUT2D eigenvalue weighted by Gasteiger charge is 2.10. The van der Waals surface area contributed by atoms with Gasteiger partial charge in [0.2, 0.25) is 0 Å². The molecular weight excluding hydrogens is 308 g/mol. The molecule has 3 aromatic rings. The van der Waals surface area contributed by atoms with Gasteiger partial charge in [0, 0.05) is 17.1 Å². The van der Waals surface area contributed by atoms with Gasteiger partial charge in [0.15, 0.2) is 0 Å². The Morgan fingerprint density at radius 3 is 2.56 bits per heavy atom. The molecule has 0 saturated carbocycles. The van der Waals surface area contributed by atoms with E-state index >= 15 is 0 Å². The monoisotopic (exact) mass is 326 g/mol. The zero-order valence-corrected chi connectivity index (χ0v) is 13.9. The van der Waals surface area contributed by atoms with Crippen molar-refractivity contribution < 1.29 is 0 Å². The third-order valence-electron chi connectivity index (χ3n) is 4.04. The number of hydrogen-bond donors (Lipinski definition) is 1. The number of aromatic amines is 1. The SMILES string of the molecule is C=N/C=C\C(=C)C(=C)c1cc(-c2ccc3cn[nH]c3c2)ccc1N=C. The first-order valence-corrected chi connectivity index (χ1v) is 7.69. The van der Waals surface area contributed by atoms with E-state index in [9.17, 15) is 0 Å². The second-order valence-electron chi connectivity index (χ2n) is 5.56. The molecule has 0 aliphatic heterocycles. The lowest BCUT2D eigenvalue weighted by molar-refractivity contribution is 1.12. The number of nitrogens with one attached hydrogen (secondary N) is 1. The molecule has 4 heteroatoms. The summed E-state index contributed by atoms with van der Waals surface area (Å²) in [6, 6.07) is 12.2. The molecule has 1 N–H and O–H groups in total. The molecule has 2 aromatic carbocycles. The first-order chi connectivity index (χ1) is 12.1. The van der Waals surface area contributed by atoms with Gasteiger partial charge < -0.3 is 0 Å². The molecule has 0 aliphatic carbocycles.